The van der Waals surface area contributed by atoms with Crippen LogP contribution in [0, 0.1) is 22.2 Å². The Morgan fingerprint density at radius 2 is 1.69 bits per heavy atom. The summed E-state index contributed by atoms with van der Waals surface area (Å²) in [5.74, 6) is -0.529. The zero-order valence-corrected chi connectivity index (χ0v) is 23.1. The van der Waals surface area contributed by atoms with Crippen LogP contribution in [0.15, 0.2) is 48.5 Å². The van der Waals surface area contributed by atoms with Gasteiger partial charge in [-0.25, -0.2) is 0 Å². The fourth-order valence-corrected chi connectivity index (χ4v) is 5.45. The molecule has 35 heavy (non-hydrogen) atoms. The van der Waals surface area contributed by atoms with Crippen molar-refractivity contribution in [2.45, 2.75) is 77.8 Å². The molecule has 188 valence electrons. The lowest BCUT2D eigenvalue weighted by molar-refractivity contribution is -0.123. The summed E-state index contributed by atoms with van der Waals surface area (Å²) in [6, 6.07) is 16.9. The van der Waals surface area contributed by atoms with E-state index in [4.69, 9.17) is 23.2 Å². The number of nitrogens with zero attached hydrogens (tertiary/aromatic N) is 1. The van der Waals surface area contributed by atoms with Crippen LogP contribution in [0.5, 0.6) is 0 Å². The van der Waals surface area contributed by atoms with E-state index in [1.165, 1.54) is 0 Å². The quantitative estimate of drug-likeness (QED) is 0.442. The minimum absolute atomic E-state index is 0.0668. The van der Waals surface area contributed by atoms with Crippen LogP contribution in [0.2, 0.25) is 10.0 Å². The van der Waals surface area contributed by atoms with Crippen LogP contribution in [-0.4, -0.2) is 24.5 Å². The van der Waals surface area contributed by atoms with Gasteiger partial charge in [0, 0.05) is 28.5 Å². The lowest BCUT2D eigenvalue weighted by Gasteiger charge is -2.37. The number of carbonyl (C=O) groups is 1. The second kappa shape index (κ2) is 10.5. The maximum absolute atomic E-state index is 13.7. The first-order chi connectivity index (χ1) is 16.3. The van der Waals surface area contributed by atoms with Crippen molar-refractivity contribution in [2.75, 3.05) is 6.54 Å². The molecule has 2 aromatic rings. The fraction of sp³-hybridized carbons (Fsp3) is 0.517. The van der Waals surface area contributed by atoms with E-state index in [0.29, 0.717) is 23.0 Å². The Kier molecular flexibility index (Phi) is 8.26. The van der Waals surface area contributed by atoms with Crippen LogP contribution in [0.3, 0.4) is 0 Å². The molecule has 4 nitrogen and oxygen atoms in total. The summed E-state index contributed by atoms with van der Waals surface area (Å²) in [6.07, 6.45) is 1.57. The van der Waals surface area contributed by atoms with E-state index in [9.17, 15) is 10.1 Å². The van der Waals surface area contributed by atoms with Gasteiger partial charge in [-0.2, -0.15) is 5.26 Å². The molecule has 4 atom stereocenters. The maximum Gasteiger partial charge on any atom is 0.237 e. The number of amides is 1. The number of hydrogen-bond acceptors (Lipinski definition) is 3. The number of nitriles is 1. The van der Waals surface area contributed by atoms with Crippen molar-refractivity contribution in [3.63, 3.8) is 0 Å². The molecule has 1 saturated heterocycles. The molecule has 1 heterocycles. The van der Waals surface area contributed by atoms with Gasteiger partial charge in [0.1, 0.15) is 5.41 Å². The van der Waals surface area contributed by atoms with E-state index in [0.717, 1.165) is 17.5 Å². The van der Waals surface area contributed by atoms with Crippen LogP contribution in [-0.2, 0) is 10.2 Å². The minimum Gasteiger partial charge on any atom is -0.355 e. The van der Waals surface area contributed by atoms with Gasteiger partial charge < -0.3 is 10.6 Å². The van der Waals surface area contributed by atoms with Crippen LogP contribution < -0.4 is 10.6 Å². The summed E-state index contributed by atoms with van der Waals surface area (Å²) >= 11 is 12.6. The molecule has 1 amide bonds. The smallest absolute Gasteiger partial charge is 0.237 e. The van der Waals surface area contributed by atoms with Gasteiger partial charge in [0.05, 0.1) is 12.1 Å². The van der Waals surface area contributed by atoms with Crippen molar-refractivity contribution in [2.24, 2.45) is 10.8 Å². The predicted octanol–water partition coefficient (Wildman–Crippen LogP) is 6.87. The van der Waals surface area contributed by atoms with E-state index in [-0.39, 0.29) is 22.8 Å². The van der Waals surface area contributed by atoms with Gasteiger partial charge in [-0.05, 0) is 59.1 Å². The predicted molar refractivity (Wildman–Crippen MR) is 145 cm³/mol. The summed E-state index contributed by atoms with van der Waals surface area (Å²) in [4.78, 5) is 13.7. The van der Waals surface area contributed by atoms with E-state index in [1.54, 1.807) is 0 Å². The topological polar surface area (TPSA) is 64.9 Å². The lowest BCUT2D eigenvalue weighted by Crippen LogP contribution is -2.46. The normalized spacial score (nSPS) is 24.7. The highest BCUT2D eigenvalue weighted by atomic mass is 35.5. The van der Waals surface area contributed by atoms with Gasteiger partial charge in [0.25, 0.3) is 0 Å². The standard InChI is InChI=1S/C29H37Cl2N3O/c1-27(2,3)14-15-33-26(35)25-24(19-8-7-9-22(31)16-19)29(18-32,20-10-12-21(30)13-11-20)23(34-25)17-28(4,5)6/h7-13,16,23-25,34H,14-15,17H2,1-6H3,(H,33,35). The Morgan fingerprint density at radius 1 is 1.03 bits per heavy atom. The van der Waals surface area contributed by atoms with Gasteiger partial charge in [-0.1, -0.05) is 89.0 Å². The van der Waals surface area contributed by atoms with Crippen LogP contribution in [0.4, 0.5) is 0 Å². The Morgan fingerprint density at radius 3 is 2.23 bits per heavy atom. The summed E-state index contributed by atoms with van der Waals surface area (Å²) in [6.45, 7) is 13.5. The van der Waals surface area contributed by atoms with Crippen LogP contribution in [0.25, 0.3) is 0 Å². The molecule has 0 spiro atoms. The number of hydrogen-bond donors (Lipinski definition) is 2. The second-order valence-electron chi connectivity index (χ2n) is 12.1. The largest absolute Gasteiger partial charge is 0.355 e. The van der Waals surface area contributed by atoms with E-state index in [2.05, 4.69) is 58.2 Å². The van der Waals surface area contributed by atoms with Gasteiger partial charge >= 0.3 is 0 Å². The van der Waals surface area contributed by atoms with Gasteiger partial charge in [0.15, 0.2) is 0 Å². The maximum atomic E-state index is 13.7. The highest BCUT2D eigenvalue weighted by Crippen LogP contribution is 2.51. The molecule has 3 rings (SSSR count). The third-order valence-corrected chi connectivity index (χ3v) is 7.23. The van der Waals surface area contributed by atoms with Gasteiger partial charge in [0.2, 0.25) is 5.91 Å². The molecule has 0 radical (unpaired) electrons. The van der Waals surface area contributed by atoms with E-state index in [1.807, 2.05) is 48.5 Å². The van der Waals surface area contributed by atoms with Crippen molar-refractivity contribution in [1.82, 2.24) is 10.6 Å². The molecule has 2 aromatic carbocycles. The molecule has 1 fully saturated rings. The van der Waals surface area contributed by atoms with Crippen LogP contribution in [0.1, 0.15) is 71.4 Å². The first-order valence-electron chi connectivity index (χ1n) is 12.2. The van der Waals surface area contributed by atoms with Gasteiger partial charge in [-0.3, -0.25) is 4.79 Å². The first-order valence-corrected chi connectivity index (χ1v) is 13.0. The third-order valence-electron chi connectivity index (χ3n) is 6.74. The Hall–Kier alpha value is -2.06. The zero-order valence-electron chi connectivity index (χ0n) is 21.6. The SMILES string of the molecule is CC(C)(C)CCNC(=O)C1NC(CC(C)(C)C)C(C#N)(c2ccc(Cl)cc2)C1c1cccc(Cl)c1. The number of halogens is 2. The molecule has 0 aliphatic carbocycles. The average Bonchev–Trinajstić information content (AvgIpc) is 3.06. The number of benzene rings is 2. The molecule has 0 bridgehead atoms. The molecule has 2 N–H and O–H groups in total. The van der Waals surface area contributed by atoms with E-state index >= 15 is 0 Å². The van der Waals surface area contributed by atoms with Crippen LogP contribution >= 0.6 is 23.2 Å². The fourth-order valence-electron chi connectivity index (χ4n) is 5.13. The number of carbonyl (C=O) groups excluding carboxylic acids is 1. The van der Waals surface area contributed by atoms with Crippen molar-refractivity contribution >= 4 is 29.1 Å². The average molecular weight is 515 g/mol. The summed E-state index contributed by atoms with van der Waals surface area (Å²) in [5, 5.41) is 18.8. The summed E-state index contributed by atoms with van der Waals surface area (Å²) in [7, 11) is 0. The monoisotopic (exact) mass is 513 g/mol. The van der Waals surface area contributed by atoms with E-state index < -0.39 is 17.4 Å². The van der Waals surface area contributed by atoms with Gasteiger partial charge in [-0.15, -0.1) is 0 Å². The molecule has 0 saturated carbocycles. The molecule has 0 aromatic heterocycles. The first kappa shape index (κ1) is 27.5. The Labute approximate surface area is 220 Å². The lowest BCUT2D eigenvalue weighted by atomic mass is 9.63. The molecule has 4 unspecified atom stereocenters. The molecule has 1 aliphatic heterocycles. The summed E-state index contributed by atoms with van der Waals surface area (Å²) in [5.41, 5.74) is 0.768. The number of nitrogens with one attached hydrogen (secondary N) is 2. The second-order valence-corrected chi connectivity index (χ2v) is 13.0. The van der Waals surface area contributed by atoms with Crippen molar-refractivity contribution in [3.05, 3.63) is 69.7 Å². The highest BCUT2D eigenvalue weighted by molar-refractivity contribution is 6.30. The summed E-state index contributed by atoms with van der Waals surface area (Å²) < 4.78 is 0. The molecular weight excluding hydrogens is 477 g/mol. The minimum atomic E-state index is -0.991. The van der Waals surface area contributed by atoms with Crippen molar-refractivity contribution in [3.8, 4) is 6.07 Å². The Balaban J connectivity index is 2.16. The highest BCUT2D eigenvalue weighted by Gasteiger charge is 2.59. The molecular formula is C29H37Cl2N3O. The molecule has 6 heteroatoms. The zero-order chi connectivity index (χ0) is 26.0. The third kappa shape index (κ3) is 6.39. The molecule has 1 aliphatic rings. The van der Waals surface area contributed by atoms with Crippen molar-refractivity contribution < 1.29 is 4.79 Å². The number of rotatable bonds is 6. The Bertz CT molecular complexity index is 1080. The van der Waals surface area contributed by atoms with Crippen molar-refractivity contribution in [1.29, 1.82) is 5.26 Å².